The quantitative estimate of drug-likeness (QED) is 0.858. The molecule has 2 atom stereocenters. The van der Waals surface area contributed by atoms with Crippen molar-refractivity contribution in [2.24, 2.45) is 5.92 Å². The molecule has 0 saturated heterocycles. The van der Waals surface area contributed by atoms with E-state index in [2.05, 4.69) is 15.6 Å². The van der Waals surface area contributed by atoms with Crippen LogP contribution in [0, 0.1) is 12.8 Å². The van der Waals surface area contributed by atoms with Crippen LogP contribution in [0.5, 0.6) is 0 Å². The predicted molar refractivity (Wildman–Crippen MR) is 88.4 cm³/mol. The minimum atomic E-state index is -0.370. The molecule has 0 spiro atoms. The number of aliphatic hydroxyl groups excluding tert-OH is 1. The lowest BCUT2D eigenvalue weighted by Crippen LogP contribution is -2.32. The SMILES string of the molecule is Cc1c(C(C)NCC(O)C(C)C)nnn1-c1cccc(Cl)c1. The third-order valence-corrected chi connectivity index (χ3v) is 4.03. The summed E-state index contributed by atoms with van der Waals surface area (Å²) in [5.41, 5.74) is 2.72. The van der Waals surface area contributed by atoms with Gasteiger partial charge in [0.25, 0.3) is 0 Å². The summed E-state index contributed by atoms with van der Waals surface area (Å²) in [6.45, 7) is 8.53. The highest BCUT2D eigenvalue weighted by Crippen LogP contribution is 2.20. The molecule has 0 aliphatic rings. The maximum absolute atomic E-state index is 9.89. The topological polar surface area (TPSA) is 63.0 Å². The lowest BCUT2D eigenvalue weighted by molar-refractivity contribution is 0.120. The molecule has 6 heteroatoms. The van der Waals surface area contributed by atoms with Crippen molar-refractivity contribution in [2.45, 2.75) is 39.8 Å². The zero-order chi connectivity index (χ0) is 16.3. The number of aliphatic hydroxyl groups is 1. The Bertz CT molecular complexity index is 626. The van der Waals surface area contributed by atoms with Gasteiger partial charge in [0.05, 0.1) is 23.5 Å². The molecule has 2 unspecified atom stereocenters. The standard InChI is InChI=1S/C16H23ClN4O/c1-10(2)15(22)9-18-11(3)16-12(4)21(20-19-16)14-7-5-6-13(17)8-14/h5-8,10-11,15,18,22H,9H2,1-4H3. The van der Waals surface area contributed by atoms with Gasteiger partial charge in [0.1, 0.15) is 5.69 Å². The van der Waals surface area contributed by atoms with Crippen LogP contribution in [0.1, 0.15) is 38.2 Å². The smallest absolute Gasteiger partial charge is 0.103 e. The molecule has 1 heterocycles. The van der Waals surface area contributed by atoms with E-state index in [0.29, 0.717) is 11.6 Å². The Balaban J connectivity index is 2.13. The Labute approximate surface area is 136 Å². The van der Waals surface area contributed by atoms with Crippen molar-refractivity contribution in [2.75, 3.05) is 6.54 Å². The van der Waals surface area contributed by atoms with Crippen LogP contribution >= 0.6 is 11.6 Å². The minimum absolute atomic E-state index is 0.0151. The molecule has 1 aromatic heterocycles. The summed E-state index contributed by atoms with van der Waals surface area (Å²) < 4.78 is 1.78. The Hall–Kier alpha value is -1.43. The average molecular weight is 323 g/mol. The maximum atomic E-state index is 9.89. The fraction of sp³-hybridized carbons (Fsp3) is 0.500. The van der Waals surface area contributed by atoms with Crippen LogP contribution < -0.4 is 5.32 Å². The van der Waals surface area contributed by atoms with Crippen molar-refractivity contribution in [1.82, 2.24) is 20.3 Å². The monoisotopic (exact) mass is 322 g/mol. The second-order valence-corrected chi connectivity index (χ2v) is 6.33. The molecule has 0 amide bonds. The second-order valence-electron chi connectivity index (χ2n) is 5.89. The molecular weight excluding hydrogens is 300 g/mol. The van der Waals surface area contributed by atoms with E-state index in [-0.39, 0.29) is 18.1 Å². The summed E-state index contributed by atoms with van der Waals surface area (Å²) in [7, 11) is 0. The van der Waals surface area contributed by atoms with Crippen LogP contribution in [0.2, 0.25) is 5.02 Å². The molecule has 120 valence electrons. The van der Waals surface area contributed by atoms with Crippen LogP contribution in [0.25, 0.3) is 5.69 Å². The van der Waals surface area contributed by atoms with Crippen LogP contribution in [-0.2, 0) is 0 Å². The van der Waals surface area contributed by atoms with Gasteiger partial charge in [-0.2, -0.15) is 0 Å². The third kappa shape index (κ3) is 3.85. The van der Waals surface area contributed by atoms with Crippen LogP contribution in [-0.4, -0.2) is 32.7 Å². The fourth-order valence-electron chi connectivity index (χ4n) is 2.22. The third-order valence-electron chi connectivity index (χ3n) is 3.80. The highest BCUT2D eigenvalue weighted by atomic mass is 35.5. The molecule has 5 nitrogen and oxygen atoms in total. The second kappa shape index (κ2) is 7.22. The lowest BCUT2D eigenvalue weighted by Gasteiger charge is -2.18. The first-order valence-electron chi connectivity index (χ1n) is 7.49. The summed E-state index contributed by atoms with van der Waals surface area (Å²) in [5, 5.41) is 22.3. The summed E-state index contributed by atoms with van der Waals surface area (Å²) in [4.78, 5) is 0. The zero-order valence-corrected chi connectivity index (χ0v) is 14.2. The van der Waals surface area contributed by atoms with E-state index < -0.39 is 0 Å². The largest absolute Gasteiger partial charge is 0.392 e. The summed E-state index contributed by atoms with van der Waals surface area (Å²) in [5.74, 6) is 0.225. The highest BCUT2D eigenvalue weighted by molar-refractivity contribution is 6.30. The molecule has 2 rings (SSSR count). The first-order valence-corrected chi connectivity index (χ1v) is 7.87. The van der Waals surface area contributed by atoms with Gasteiger partial charge in [-0.1, -0.05) is 36.7 Å². The highest BCUT2D eigenvalue weighted by Gasteiger charge is 2.18. The molecule has 2 aromatic rings. The van der Waals surface area contributed by atoms with Gasteiger partial charge < -0.3 is 10.4 Å². The molecular formula is C16H23ClN4O. The number of hydrogen-bond acceptors (Lipinski definition) is 4. The van der Waals surface area contributed by atoms with Crippen molar-refractivity contribution < 1.29 is 5.11 Å². The summed E-state index contributed by atoms with van der Waals surface area (Å²) in [6, 6.07) is 7.53. The molecule has 0 radical (unpaired) electrons. The van der Waals surface area contributed by atoms with Gasteiger partial charge in [-0.15, -0.1) is 5.10 Å². The molecule has 0 fully saturated rings. The molecule has 0 aliphatic carbocycles. The van der Waals surface area contributed by atoms with Crippen molar-refractivity contribution in [3.05, 3.63) is 40.7 Å². The number of benzene rings is 1. The number of nitrogens with one attached hydrogen (secondary N) is 1. The normalized spacial score (nSPS) is 14.3. The van der Waals surface area contributed by atoms with Gasteiger partial charge in [-0.05, 0) is 38.0 Å². The van der Waals surface area contributed by atoms with Crippen molar-refractivity contribution in [3.8, 4) is 5.69 Å². The Morgan fingerprint density at radius 3 is 2.68 bits per heavy atom. The van der Waals surface area contributed by atoms with E-state index in [1.807, 2.05) is 52.0 Å². The van der Waals surface area contributed by atoms with Gasteiger partial charge in [0, 0.05) is 11.6 Å². The van der Waals surface area contributed by atoms with E-state index in [1.54, 1.807) is 4.68 Å². The number of rotatable bonds is 6. The summed E-state index contributed by atoms with van der Waals surface area (Å²) >= 11 is 6.03. The molecule has 2 N–H and O–H groups in total. The molecule has 0 aliphatic heterocycles. The number of aromatic nitrogens is 3. The van der Waals surface area contributed by atoms with Gasteiger partial charge >= 0.3 is 0 Å². The number of hydrogen-bond donors (Lipinski definition) is 2. The van der Waals surface area contributed by atoms with Gasteiger partial charge in [0.2, 0.25) is 0 Å². The van der Waals surface area contributed by atoms with E-state index in [1.165, 1.54) is 0 Å². The van der Waals surface area contributed by atoms with Crippen LogP contribution in [0.4, 0.5) is 0 Å². The maximum Gasteiger partial charge on any atom is 0.103 e. The van der Waals surface area contributed by atoms with Crippen LogP contribution in [0.15, 0.2) is 24.3 Å². The van der Waals surface area contributed by atoms with Gasteiger partial charge in [-0.3, -0.25) is 0 Å². The molecule has 0 saturated carbocycles. The first kappa shape index (κ1) is 16.9. The van der Waals surface area contributed by atoms with E-state index >= 15 is 0 Å². The Kier molecular flexibility index (Phi) is 5.56. The molecule has 0 bridgehead atoms. The van der Waals surface area contributed by atoms with E-state index in [9.17, 15) is 5.11 Å². The number of nitrogens with zero attached hydrogens (tertiary/aromatic N) is 3. The van der Waals surface area contributed by atoms with Gasteiger partial charge in [0.15, 0.2) is 0 Å². The first-order chi connectivity index (χ1) is 10.4. The van der Waals surface area contributed by atoms with Crippen molar-refractivity contribution in [1.29, 1.82) is 0 Å². The lowest BCUT2D eigenvalue weighted by atomic mass is 10.1. The average Bonchev–Trinajstić information content (AvgIpc) is 2.86. The van der Waals surface area contributed by atoms with Crippen molar-refractivity contribution >= 4 is 11.6 Å². The fourth-order valence-corrected chi connectivity index (χ4v) is 2.41. The minimum Gasteiger partial charge on any atom is -0.392 e. The predicted octanol–water partition coefficient (Wildman–Crippen LogP) is 2.90. The molecule has 22 heavy (non-hydrogen) atoms. The van der Waals surface area contributed by atoms with Gasteiger partial charge in [-0.25, -0.2) is 4.68 Å². The molecule has 1 aromatic carbocycles. The van der Waals surface area contributed by atoms with E-state index in [0.717, 1.165) is 17.1 Å². The Morgan fingerprint density at radius 1 is 1.32 bits per heavy atom. The van der Waals surface area contributed by atoms with E-state index in [4.69, 9.17) is 11.6 Å². The zero-order valence-electron chi connectivity index (χ0n) is 13.4. The number of halogens is 1. The summed E-state index contributed by atoms with van der Waals surface area (Å²) in [6.07, 6.45) is -0.370. The van der Waals surface area contributed by atoms with Crippen molar-refractivity contribution in [3.63, 3.8) is 0 Å². The Morgan fingerprint density at radius 2 is 2.05 bits per heavy atom. The van der Waals surface area contributed by atoms with Crippen LogP contribution in [0.3, 0.4) is 0 Å².